The Bertz CT molecular complexity index is 1160. The third-order valence-electron chi connectivity index (χ3n) is 5.53. The molecule has 2 aliphatic rings. The van der Waals surface area contributed by atoms with E-state index in [1.807, 2.05) is 19.9 Å². The van der Waals surface area contributed by atoms with E-state index in [0.29, 0.717) is 17.3 Å². The number of aromatic nitrogens is 5. The summed E-state index contributed by atoms with van der Waals surface area (Å²) in [5.74, 6) is 0.615. The molecule has 1 atom stereocenters. The number of anilines is 3. The molecule has 1 saturated heterocycles. The lowest BCUT2D eigenvalue weighted by Gasteiger charge is -2.35. The zero-order valence-electron chi connectivity index (χ0n) is 17.7. The highest BCUT2D eigenvalue weighted by Gasteiger charge is 2.40. The predicted octanol–water partition coefficient (Wildman–Crippen LogP) is 2.03. The Balaban J connectivity index is 1.44. The minimum Gasteiger partial charge on any atom is -0.366 e. The second kappa shape index (κ2) is 7.91. The van der Waals surface area contributed by atoms with Gasteiger partial charge in [0.1, 0.15) is 17.2 Å². The van der Waals surface area contributed by atoms with Crippen LogP contribution in [0, 0.1) is 0 Å². The van der Waals surface area contributed by atoms with Gasteiger partial charge in [0.15, 0.2) is 5.82 Å². The van der Waals surface area contributed by atoms with Gasteiger partial charge in [0.05, 0.1) is 17.9 Å². The summed E-state index contributed by atoms with van der Waals surface area (Å²) in [5.41, 5.74) is 2.56. The van der Waals surface area contributed by atoms with E-state index in [4.69, 9.17) is 0 Å². The molecule has 0 unspecified atom stereocenters. The number of nitrogens with one attached hydrogen (secondary N) is 3. The predicted molar refractivity (Wildman–Crippen MR) is 119 cm³/mol. The maximum Gasteiger partial charge on any atom is 0.329 e. The van der Waals surface area contributed by atoms with Crippen molar-refractivity contribution in [3.8, 4) is 11.3 Å². The molecule has 3 aromatic heterocycles. The summed E-state index contributed by atoms with van der Waals surface area (Å²) in [6.45, 7) is 5.34. The van der Waals surface area contributed by atoms with Crippen molar-refractivity contribution in [1.29, 1.82) is 0 Å². The maximum atomic E-state index is 13.4. The summed E-state index contributed by atoms with van der Waals surface area (Å²) in [6.07, 6.45) is 4.03. The van der Waals surface area contributed by atoms with Crippen molar-refractivity contribution >= 4 is 29.3 Å². The van der Waals surface area contributed by atoms with Gasteiger partial charge in [-0.3, -0.25) is 15.0 Å². The zero-order chi connectivity index (χ0) is 22.2. The van der Waals surface area contributed by atoms with Crippen LogP contribution in [0.25, 0.3) is 11.3 Å². The molecule has 3 amide bonds. The van der Waals surface area contributed by atoms with Crippen LogP contribution >= 0.6 is 0 Å². The lowest BCUT2D eigenvalue weighted by molar-refractivity contribution is 0.0938. The van der Waals surface area contributed by atoms with Crippen LogP contribution in [0.5, 0.6) is 0 Å². The van der Waals surface area contributed by atoms with E-state index in [0.717, 1.165) is 30.8 Å². The van der Waals surface area contributed by atoms with Crippen molar-refractivity contribution in [3.05, 3.63) is 42.4 Å². The quantitative estimate of drug-likeness (QED) is 0.573. The molecule has 0 aromatic carbocycles. The third kappa shape index (κ3) is 3.61. The van der Waals surface area contributed by atoms with Gasteiger partial charge < -0.3 is 10.2 Å². The number of carbonyl (C=O) groups is 2. The number of H-pyrrole nitrogens is 1. The Hall–Kier alpha value is -4.02. The summed E-state index contributed by atoms with van der Waals surface area (Å²) >= 11 is 0. The first-order valence-corrected chi connectivity index (χ1v) is 10.5. The Morgan fingerprint density at radius 3 is 2.91 bits per heavy atom. The second-order valence-corrected chi connectivity index (χ2v) is 8.14. The van der Waals surface area contributed by atoms with E-state index in [-0.39, 0.29) is 29.7 Å². The molecular weight excluding hydrogens is 410 g/mol. The molecule has 3 aromatic rings. The van der Waals surface area contributed by atoms with Crippen molar-refractivity contribution in [2.24, 2.45) is 0 Å². The number of fused-ring (bicyclic) bond motifs is 4. The number of hydrogen-bond donors (Lipinski definition) is 3. The lowest BCUT2D eigenvalue weighted by atomic mass is 10.1. The molecule has 5 heterocycles. The van der Waals surface area contributed by atoms with Crippen LogP contribution in [-0.2, 0) is 0 Å². The van der Waals surface area contributed by atoms with E-state index in [1.165, 1.54) is 0 Å². The highest BCUT2D eigenvalue weighted by Crippen LogP contribution is 2.39. The first kappa shape index (κ1) is 19.9. The monoisotopic (exact) mass is 433 g/mol. The molecule has 2 bridgehead atoms. The van der Waals surface area contributed by atoms with Crippen molar-refractivity contribution in [2.75, 3.05) is 28.2 Å². The Kier molecular flexibility index (Phi) is 4.92. The lowest BCUT2D eigenvalue weighted by Crippen LogP contribution is -2.48. The van der Waals surface area contributed by atoms with Crippen molar-refractivity contribution in [1.82, 2.24) is 30.7 Å². The fourth-order valence-corrected chi connectivity index (χ4v) is 4.10. The van der Waals surface area contributed by atoms with Gasteiger partial charge in [-0.1, -0.05) is 0 Å². The summed E-state index contributed by atoms with van der Waals surface area (Å²) < 4.78 is 0. The van der Waals surface area contributed by atoms with Crippen LogP contribution in [-0.4, -0.2) is 62.5 Å². The fraction of sp³-hybridized carbons (Fsp3) is 0.333. The van der Waals surface area contributed by atoms with Crippen LogP contribution in [0.4, 0.5) is 22.1 Å². The normalized spacial score (nSPS) is 16.8. The molecule has 0 saturated carbocycles. The number of carbonyl (C=O) groups excluding carboxylic acids is 2. The molecule has 5 rings (SSSR count). The molecule has 0 spiro atoms. The molecular formula is C21H23N9O2. The smallest absolute Gasteiger partial charge is 0.329 e. The number of amides is 3. The highest BCUT2D eigenvalue weighted by molar-refractivity contribution is 6.05. The number of aromatic amines is 1. The van der Waals surface area contributed by atoms with Crippen LogP contribution in [0.15, 0.2) is 36.7 Å². The van der Waals surface area contributed by atoms with E-state index >= 15 is 0 Å². The van der Waals surface area contributed by atoms with Gasteiger partial charge in [0.2, 0.25) is 0 Å². The first-order valence-electron chi connectivity index (χ1n) is 10.5. The first-order chi connectivity index (χ1) is 15.5. The van der Waals surface area contributed by atoms with Gasteiger partial charge in [-0.05, 0) is 44.5 Å². The summed E-state index contributed by atoms with van der Waals surface area (Å²) in [5, 5.41) is 16.2. The van der Waals surface area contributed by atoms with E-state index in [9.17, 15) is 9.59 Å². The number of urea groups is 1. The average Bonchev–Trinajstić information content (AvgIpc) is 3.44. The second-order valence-electron chi connectivity index (χ2n) is 8.14. The molecule has 11 nitrogen and oxygen atoms in total. The van der Waals surface area contributed by atoms with Crippen molar-refractivity contribution in [2.45, 2.75) is 32.4 Å². The minimum atomic E-state index is -0.337. The molecule has 164 valence electrons. The van der Waals surface area contributed by atoms with Crippen LogP contribution in [0.3, 0.4) is 0 Å². The summed E-state index contributed by atoms with van der Waals surface area (Å²) in [4.78, 5) is 38.6. The van der Waals surface area contributed by atoms with E-state index < -0.39 is 0 Å². The number of hydrogen-bond acceptors (Lipinski definition) is 7. The summed E-state index contributed by atoms with van der Waals surface area (Å²) in [7, 11) is 0. The van der Waals surface area contributed by atoms with Gasteiger partial charge in [-0.2, -0.15) is 15.4 Å². The number of rotatable bonds is 4. The number of nitrogens with zero attached hydrogens (tertiary/aromatic N) is 6. The van der Waals surface area contributed by atoms with E-state index in [2.05, 4.69) is 40.9 Å². The van der Waals surface area contributed by atoms with Gasteiger partial charge in [0.25, 0.3) is 5.91 Å². The average molecular weight is 433 g/mol. The molecule has 1 fully saturated rings. The molecule has 3 N–H and O–H groups in total. The van der Waals surface area contributed by atoms with Crippen LogP contribution < -0.4 is 20.4 Å². The number of pyridine rings is 2. The standard InChI is InChI=1S/C21H23N9O2/c1-12(2)24-20(31)15-3-4-17-19(25-15)30(14-6-8-29(17)11-14)21(32)26-18-9-13(5-7-22-18)16-10-23-28-27-16/h3-5,7,9-10,12,14H,6,8,11H2,1-2H3,(H,24,31)(H,22,26,32)(H,23,27,28)/t14-/m0/s1. The highest BCUT2D eigenvalue weighted by atomic mass is 16.2. The largest absolute Gasteiger partial charge is 0.366 e. The minimum absolute atomic E-state index is 0.0114. The molecule has 32 heavy (non-hydrogen) atoms. The van der Waals surface area contributed by atoms with Gasteiger partial charge in [-0.25, -0.2) is 14.8 Å². The summed E-state index contributed by atoms with van der Waals surface area (Å²) in [6, 6.07) is 6.72. The molecule has 2 aliphatic heterocycles. The molecule has 0 aliphatic carbocycles. The van der Waals surface area contributed by atoms with Gasteiger partial charge in [-0.15, -0.1) is 0 Å². The zero-order valence-corrected chi connectivity index (χ0v) is 17.7. The Morgan fingerprint density at radius 1 is 1.25 bits per heavy atom. The Morgan fingerprint density at radius 2 is 2.12 bits per heavy atom. The molecule has 11 heteroatoms. The third-order valence-corrected chi connectivity index (χ3v) is 5.53. The topological polar surface area (TPSA) is 132 Å². The van der Waals surface area contributed by atoms with E-state index in [1.54, 1.807) is 35.5 Å². The Labute approximate surface area is 184 Å². The van der Waals surface area contributed by atoms with Gasteiger partial charge >= 0.3 is 6.03 Å². The fourth-order valence-electron chi connectivity index (χ4n) is 4.10. The maximum absolute atomic E-state index is 13.4. The van der Waals surface area contributed by atoms with Crippen LogP contribution in [0.1, 0.15) is 30.8 Å². The molecule has 0 radical (unpaired) electrons. The SMILES string of the molecule is CC(C)NC(=O)c1ccc2c(n1)N(C(=O)Nc1cc(-c3cn[nH]n3)ccn1)[C@H]1CCN2C1. The van der Waals surface area contributed by atoms with Gasteiger partial charge in [0, 0.05) is 30.9 Å². The van der Waals surface area contributed by atoms with Crippen molar-refractivity contribution in [3.63, 3.8) is 0 Å². The van der Waals surface area contributed by atoms with Crippen molar-refractivity contribution < 1.29 is 9.59 Å². The van der Waals surface area contributed by atoms with Crippen LogP contribution in [0.2, 0.25) is 0 Å².